The summed E-state index contributed by atoms with van der Waals surface area (Å²) in [6, 6.07) is 2.51. The first-order valence-corrected chi connectivity index (χ1v) is 6.36. The number of piperidine rings is 1. The van der Waals surface area contributed by atoms with Crippen LogP contribution in [0.5, 0.6) is 5.88 Å². The summed E-state index contributed by atoms with van der Waals surface area (Å²) in [6.07, 6.45) is 6.45. The number of hydrogen-bond donors (Lipinski definition) is 2. The first-order chi connectivity index (χ1) is 8.40. The smallest absolute Gasteiger partial charge is 0.218 e. The molecule has 5 nitrogen and oxygen atoms in total. The number of nitrogens with zero attached hydrogens (tertiary/aromatic N) is 2. The number of anilines is 1. The van der Waals surface area contributed by atoms with Crippen molar-refractivity contribution in [3.05, 3.63) is 12.4 Å². The molecule has 1 aliphatic heterocycles. The van der Waals surface area contributed by atoms with Crippen LogP contribution in [0.3, 0.4) is 0 Å². The van der Waals surface area contributed by atoms with Crippen LogP contribution in [0.1, 0.15) is 25.7 Å². The van der Waals surface area contributed by atoms with Gasteiger partial charge in [0, 0.05) is 12.1 Å². The Kier molecular flexibility index (Phi) is 3.09. The van der Waals surface area contributed by atoms with Crippen LogP contribution in [0.15, 0.2) is 12.4 Å². The van der Waals surface area contributed by atoms with Crippen molar-refractivity contribution >= 4 is 5.82 Å². The van der Waals surface area contributed by atoms with Crippen molar-refractivity contribution in [2.45, 2.75) is 37.8 Å². The van der Waals surface area contributed by atoms with Gasteiger partial charge in [-0.1, -0.05) is 0 Å². The van der Waals surface area contributed by atoms with Gasteiger partial charge in [-0.15, -0.1) is 0 Å². The molecule has 1 aromatic heterocycles. The second-order valence-corrected chi connectivity index (χ2v) is 4.73. The Morgan fingerprint density at radius 3 is 2.76 bits per heavy atom. The van der Waals surface area contributed by atoms with Crippen LogP contribution in [0.4, 0.5) is 5.82 Å². The van der Waals surface area contributed by atoms with Gasteiger partial charge in [0.2, 0.25) is 5.88 Å². The Balaban J connectivity index is 1.60. The van der Waals surface area contributed by atoms with Crippen molar-refractivity contribution in [2.75, 3.05) is 18.4 Å². The van der Waals surface area contributed by atoms with Crippen LogP contribution in [0.25, 0.3) is 0 Å². The molecule has 1 aromatic rings. The molecule has 2 aliphatic rings. The van der Waals surface area contributed by atoms with E-state index < -0.39 is 0 Å². The number of aromatic nitrogens is 2. The monoisotopic (exact) mass is 234 g/mol. The molecule has 3 rings (SSSR count). The summed E-state index contributed by atoms with van der Waals surface area (Å²) in [5, 5.41) is 6.67. The highest BCUT2D eigenvalue weighted by Gasteiger charge is 2.21. The predicted octanol–water partition coefficient (Wildman–Crippen LogP) is 1.18. The quantitative estimate of drug-likeness (QED) is 0.819. The van der Waals surface area contributed by atoms with Crippen molar-refractivity contribution in [1.82, 2.24) is 15.3 Å². The fourth-order valence-corrected chi connectivity index (χ4v) is 2.00. The molecule has 92 valence electrons. The third-order valence-electron chi connectivity index (χ3n) is 3.14. The van der Waals surface area contributed by atoms with E-state index in [1.165, 1.54) is 12.8 Å². The zero-order valence-corrected chi connectivity index (χ0v) is 9.85. The SMILES string of the molecule is c1nc(NC2CC2)cc(OC2CCNCC2)n1. The molecule has 17 heavy (non-hydrogen) atoms. The molecule has 0 atom stereocenters. The minimum Gasteiger partial charge on any atom is -0.474 e. The van der Waals surface area contributed by atoms with Gasteiger partial charge in [0.1, 0.15) is 18.2 Å². The van der Waals surface area contributed by atoms with Gasteiger partial charge in [0.15, 0.2) is 0 Å². The van der Waals surface area contributed by atoms with E-state index >= 15 is 0 Å². The fraction of sp³-hybridized carbons (Fsp3) is 0.667. The minimum atomic E-state index is 0.292. The van der Waals surface area contributed by atoms with Gasteiger partial charge in [0.25, 0.3) is 0 Å². The summed E-state index contributed by atoms with van der Waals surface area (Å²) in [4.78, 5) is 8.37. The molecule has 0 aromatic carbocycles. The molecule has 0 amide bonds. The molecule has 2 N–H and O–H groups in total. The predicted molar refractivity (Wildman–Crippen MR) is 65.2 cm³/mol. The van der Waals surface area contributed by atoms with Crippen LogP contribution < -0.4 is 15.4 Å². The van der Waals surface area contributed by atoms with Crippen LogP contribution >= 0.6 is 0 Å². The number of hydrogen-bond acceptors (Lipinski definition) is 5. The Morgan fingerprint density at radius 1 is 1.18 bits per heavy atom. The molecular weight excluding hydrogens is 216 g/mol. The van der Waals surface area contributed by atoms with Gasteiger partial charge in [-0.05, 0) is 38.8 Å². The first-order valence-electron chi connectivity index (χ1n) is 6.36. The van der Waals surface area contributed by atoms with Crippen molar-refractivity contribution in [1.29, 1.82) is 0 Å². The second-order valence-electron chi connectivity index (χ2n) is 4.73. The number of rotatable bonds is 4. The molecule has 2 fully saturated rings. The lowest BCUT2D eigenvalue weighted by atomic mass is 10.1. The maximum Gasteiger partial charge on any atom is 0.218 e. The maximum atomic E-state index is 5.87. The second kappa shape index (κ2) is 4.87. The molecule has 0 unspecified atom stereocenters. The van der Waals surface area contributed by atoms with E-state index in [1.54, 1.807) is 6.33 Å². The average molecular weight is 234 g/mol. The zero-order valence-electron chi connectivity index (χ0n) is 9.85. The molecule has 0 radical (unpaired) electrons. The summed E-state index contributed by atoms with van der Waals surface area (Å²) in [5.41, 5.74) is 0. The Labute approximate surface area is 101 Å². The summed E-state index contributed by atoms with van der Waals surface area (Å²) >= 11 is 0. The summed E-state index contributed by atoms with van der Waals surface area (Å²) in [6.45, 7) is 2.06. The van der Waals surface area contributed by atoms with Crippen molar-refractivity contribution in [2.24, 2.45) is 0 Å². The van der Waals surface area contributed by atoms with Crippen LogP contribution in [0, 0.1) is 0 Å². The summed E-state index contributed by atoms with van der Waals surface area (Å²) in [5.74, 6) is 1.57. The maximum absolute atomic E-state index is 5.87. The highest BCUT2D eigenvalue weighted by Crippen LogP contribution is 2.25. The molecule has 1 saturated heterocycles. The van der Waals surface area contributed by atoms with Gasteiger partial charge in [-0.2, -0.15) is 0 Å². The third-order valence-corrected chi connectivity index (χ3v) is 3.14. The van der Waals surface area contributed by atoms with Crippen molar-refractivity contribution in [3.8, 4) is 5.88 Å². The van der Waals surface area contributed by atoms with E-state index in [9.17, 15) is 0 Å². The Morgan fingerprint density at radius 2 is 2.00 bits per heavy atom. The molecule has 1 saturated carbocycles. The molecule has 1 aliphatic carbocycles. The molecular formula is C12H18N4O. The molecule has 0 bridgehead atoms. The summed E-state index contributed by atoms with van der Waals surface area (Å²) < 4.78 is 5.87. The van der Waals surface area contributed by atoms with E-state index in [1.807, 2.05) is 6.07 Å². The standard InChI is InChI=1S/C12H18N4O/c1-2-9(1)16-11-7-12(15-8-14-11)17-10-3-5-13-6-4-10/h7-10,13H,1-6H2,(H,14,15,16). The van der Waals surface area contributed by atoms with Gasteiger partial charge in [0.05, 0.1) is 0 Å². The lowest BCUT2D eigenvalue weighted by Crippen LogP contribution is -2.34. The number of ether oxygens (including phenoxy) is 1. The van der Waals surface area contributed by atoms with E-state index in [4.69, 9.17) is 4.74 Å². The third kappa shape index (κ3) is 3.06. The van der Waals surface area contributed by atoms with Gasteiger partial charge < -0.3 is 15.4 Å². The Bertz CT molecular complexity index is 375. The van der Waals surface area contributed by atoms with E-state index in [0.29, 0.717) is 18.0 Å². The normalized spacial score (nSPS) is 21.2. The van der Waals surface area contributed by atoms with Crippen molar-refractivity contribution in [3.63, 3.8) is 0 Å². The highest BCUT2D eigenvalue weighted by atomic mass is 16.5. The van der Waals surface area contributed by atoms with Gasteiger partial charge in [-0.3, -0.25) is 0 Å². The molecule has 0 spiro atoms. The fourth-order valence-electron chi connectivity index (χ4n) is 2.00. The average Bonchev–Trinajstić information content (AvgIpc) is 3.15. The largest absolute Gasteiger partial charge is 0.474 e. The van der Waals surface area contributed by atoms with Crippen LogP contribution in [0.2, 0.25) is 0 Å². The Hall–Kier alpha value is -1.36. The van der Waals surface area contributed by atoms with E-state index in [2.05, 4.69) is 20.6 Å². The van der Waals surface area contributed by atoms with Gasteiger partial charge in [-0.25, -0.2) is 9.97 Å². The minimum absolute atomic E-state index is 0.292. The topological polar surface area (TPSA) is 59.1 Å². The first kappa shape index (κ1) is 10.8. The molecule has 2 heterocycles. The van der Waals surface area contributed by atoms with Crippen LogP contribution in [-0.2, 0) is 0 Å². The highest BCUT2D eigenvalue weighted by molar-refractivity contribution is 5.39. The lowest BCUT2D eigenvalue weighted by Gasteiger charge is -2.23. The van der Waals surface area contributed by atoms with Crippen molar-refractivity contribution < 1.29 is 4.74 Å². The zero-order chi connectivity index (χ0) is 11.5. The van der Waals surface area contributed by atoms with E-state index in [0.717, 1.165) is 31.7 Å². The number of nitrogens with one attached hydrogen (secondary N) is 2. The lowest BCUT2D eigenvalue weighted by molar-refractivity contribution is 0.156. The van der Waals surface area contributed by atoms with E-state index in [-0.39, 0.29) is 0 Å². The van der Waals surface area contributed by atoms with Crippen LogP contribution in [-0.4, -0.2) is 35.2 Å². The summed E-state index contributed by atoms with van der Waals surface area (Å²) in [7, 11) is 0. The van der Waals surface area contributed by atoms with Gasteiger partial charge >= 0.3 is 0 Å². The molecule has 5 heteroatoms.